The first-order chi connectivity index (χ1) is 15.1. The second-order valence-electron chi connectivity index (χ2n) is 7.71. The third-order valence-corrected chi connectivity index (χ3v) is 4.49. The number of carbonyl (C=O) groups is 4. The third-order valence-electron chi connectivity index (χ3n) is 4.49. The lowest BCUT2D eigenvalue weighted by Crippen LogP contribution is -2.55. The number of aliphatic hydroxyl groups excluding tert-OH is 1. The van der Waals surface area contributed by atoms with Crippen LogP contribution in [0.25, 0.3) is 0 Å². The van der Waals surface area contributed by atoms with Crippen LogP contribution in [0.15, 0.2) is 24.3 Å². The molecule has 0 bridgehead atoms. The third kappa shape index (κ3) is 11.0. The average molecular weight is 489 g/mol. The number of nitrogens with one attached hydrogen (secondary N) is 3. The summed E-state index contributed by atoms with van der Waals surface area (Å²) < 4.78 is 4.69. The molecule has 11 nitrogen and oxygen atoms in total. The molecule has 0 spiro atoms. The molecule has 7 N–H and O–H groups in total. The molecule has 0 unspecified atom stereocenters. The summed E-state index contributed by atoms with van der Waals surface area (Å²) in [5.41, 5.74) is 6.13. The Morgan fingerprint density at radius 3 is 2.15 bits per heavy atom. The van der Waals surface area contributed by atoms with E-state index in [0.717, 1.165) is 0 Å². The number of carbonyl (C=O) groups excluding carboxylic acids is 4. The highest BCUT2D eigenvalue weighted by Gasteiger charge is 2.26. The molecule has 12 heteroatoms. The van der Waals surface area contributed by atoms with Gasteiger partial charge in [0.05, 0.1) is 20.3 Å². The fourth-order valence-electron chi connectivity index (χ4n) is 2.80. The molecule has 0 saturated heterocycles. The summed E-state index contributed by atoms with van der Waals surface area (Å²) in [4.78, 5) is 48.9. The van der Waals surface area contributed by atoms with Gasteiger partial charge < -0.3 is 36.6 Å². The van der Waals surface area contributed by atoms with Crippen LogP contribution in [0.4, 0.5) is 0 Å². The number of aliphatic hydroxyl groups is 1. The normalized spacial score (nSPS) is 13.2. The molecule has 1 aromatic rings. The van der Waals surface area contributed by atoms with Crippen LogP contribution in [0.1, 0.15) is 25.8 Å². The molecule has 3 amide bonds. The minimum atomic E-state index is -1.22. The Hall–Kier alpha value is -2.89. The number of halogens is 1. The van der Waals surface area contributed by atoms with E-state index in [1.165, 1.54) is 19.2 Å². The lowest BCUT2D eigenvalue weighted by Gasteiger charge is -2.21. The van der Waals surface area contributed by atoms with Crippen LogP contribution in [-0.2, 0) is 30.3 Å². The van der Waals surface area contributed by atoms with Crippen LogP contribution < -0.4 is 21.7 Å². The van der Waals surface area contributed by atoms with E-state index in [-0.39, 0.29) is 30.5 Å². The zero-order chi connectivity index (χ0) is 24.3. The highest BCUT2D eigenvalue weighted by atomic mass is 35.5. The predicted octanol–water partition coefficient (Wildman–Crippen LogP) is -1.02. The Morgan fingerprint density at radius 1 is 1.03 bits per heavy atom. The van der Waals surface area contributed by atoms with Gasteiger partial charge >= 0.3 is 5.97 Å². The van der Waals surface area contributed by atoms with Gasteiger partial charge in [0.2, 0.25) is 17.7 Å². The minimum Gasteiger partial charge on any atom is -0.508 e. The molecule has 0 aromatic heterocycles. The maximum Gasteiger partial charge on any atom is 0.328 e. The molecular weight excluding hydrogens is 456 g/mol. The topological polar surface area (TPSA) is 180 Å². The highest BCUT2D eigenvalue weighted by molar-refractivity contribution is 5.92. The zero-order valence-corrected chi connectivity index (χ0v) is 19.7. The molecule has 0 aliphatic heterocycles. The van der Waals surface area contributed by atoms with Crippen molar-refractivity contribution in [2.75, 3.05) is 20.3 Å². The van der Waals surface area contributed by atoms with E-state index in [4.69, 9.17) is 15.6 Å². The summed E-state index contributed by atoms with van der Waals surface area (Å²) >= 11 is 0. The first kappa shape index (κ1) is 30.1. The molecular formula is C21H33ClN4O7. The van der Waals surface area contributed by atoms with Crippen molar-refractivity contribution in [1.29, 1.82) is 0 Å². The number of nitrogens with two attached hydrogens (primary N) is 1. The molecule has 0 fully saturated rings. The molecule has 0 heterocycles. The molecule has 0 saturated carbocycles. The smallest absolute Gasteiger partial charge is 0.328 e. The van der Waals surface area contributed by atoms with E-state index >= 15 is 0 Å². The number of esters is 1. The largest absolute Gasteiger partial charge is 0.508 e. The fraction of sp³-hybridized carbons (Fsp3) is 0.524. The summed E-state index contributed by atoms with van der Waals surface area (Å²) in [7, 11) is 1.22. The second-order valence-corrected chi connectivity index (χ2v) is 7.71. The lowest BCUT2D eigenvalue weighted by atomic mass is 10.0. The van der Waals surface area contributed by atoms with Crippen LogP contribution in [0.2, 0.25) is 0 Å². The van der Waals surface area contributed by atoms with Gasteiger partial charge in [-0.2, -0.15) is 0 Å². The molecule has 3 atom stereocenters. The van der Waals surface area contributed by atoms with Gasteiger partial charge in [-0.15, -0.1) is 12.4 Å². The summed E-state index contributed by atoms with van der Waals surface area (Å²) in [6.07, 6.45) is 0.417. The molecule has 0 aliphatic rings. The Morgan fingerprint density at radius 2 is 1.64 bits per heavy atom. The van der Waals surface area contributed by atoms with Crippen LogP contribution in [-0.4, -0.2) is 72.3 Å². The van der Waals surface area contributed by atoms with Crippen molar-refractivity contribution in [3.63, 3.8) is 0 Å². The number of ether oxygens (including phenoxy) is 1. The minimum absolute atomic E-state index is 0. The summed E-state index contributed by atoms with van der Waals surface area (Å²) in [6, 6.07) is 2.86. The monoisotopic (exact) mass is 488 g/mol. The second kappa shape index (κ2) is 15.0. The van der Waals surface area contributed by atoms with E-state index in [0.29, 0.717) is 12.0 Å². The van der Waals surface area contributed by atoms with Crippen LogP contribution in [0.3, 0.4) is 0 Å². The number of hydrogen-bond acceptors (Lipinski definition) is 8. The van der Waals surface area contributed by atoms with Crippen molar-refractivity contribution >= 4 is 36.1 Å². The quantitative estimate of drug-likeness (QED) is 0.202. The van der Waals surface area contributed by atoms with Gasteiger partial charge in [0.15, 0.2) is 0 Å². The van der Waals surface area contributed by atoms with Crippen LogP contribution >= 0.6 is 12.4 Å². The maximum absolute atomic E-state index is 12.7. The Kier molecular flexibility index (Phi) is 13.7. The fourth-order valence-corrected chi connectivity index (χ4v) is 2.80. The molecule has 0 aliphatic carbocycles. The van der Waals surface area contributed by atoms with Gasteiger partial charge in [0, 0.05) is 6.42 Å². The number of benzene rings is 1. The maximum atomic E-state index is 12.7. The Bertz CT molecular complexity index is 789. The van der Waals surface area contributed by atoms with Gasteiger partial charge in [-0.05, 0) is 30.0 Å². The van der Waals surface area contributed by atoms with E-state index in [2.05, 4.69) is 16.0 Å². The van der Waals surface area contributed by atoms with Gasteiger partial charge in [-0.25, -0.2) is 4.79 Å². The van der Waals surface area contributed by atoms with Crippen molar-refractivity contribution in [1.82, 2.24) is 16.0 Å². The Labute approximate surface area is 198 Å². The number of hydrogen-bond donors (Lipinski definition) is 6. The molecule has 1 aromatic carbocycles. The standard InChI is InChI=1S/C21H32N4O7.ClH/c1-12(2)8-17(21(31)32-3)24-18(28)10-23-20(30)16(25-19(29)15(22)11-26)9-13-4-6-14(27)7-5-13;/h4-7,12,15-17,26-27H,8-11,22H2,1-3H3,(H,23,30)(H,24,28)(H,25,29);1H/t15-,16-,17-;/m0./s1. The van der Waals surface area contributed by atoms with Crippen molar-refractivity contribution in [2.45, 2.75) is 44.8 Å². The molecule has 33 heavy (non-hydrogen) atoms. The summed E-state index contributed by atoms with van der Waals surface area (Å²) in [5.74, 6) is -2.43. The first-order valence-electron chi connectivity index (χ1n) is 10.2. The number of aromatic hydroxyl groups is 1. The van der Waals surface area contributed by atoms with Crippen molar-refractivity contribution in [3.05, 3.63) is 29.8 Å². The summed E-state index contributed by atoms with van der Waals surface area (Å²) in [5, 5.41) is 25.9. The number of phenols is 1. The Balaban J connectivity index is 0.0000102. The van der Waals surface area contributed by atoms with Crippen molar-refractivity contribution in [2.24, 2.45) is 11.7 Å². The molecule has 1 rings (SSSR count). The zero-order valence-electron chi connectivity index (χ0n) is 18.9. The number of methoxy groups -OCH3 is 1. The molecule has 186 valence electrons. The molecule has 0 radical (unpaired) electrons. The van der Waals surface area contributed by atoms with E-state index in [1.807, 2.05) is 13.8 Å². The van der Waals surface area contributed by atoms with E-state index in [9.17, 15) is 24.3 Å². The summed E-state index contributed by atoms with van der Waals surface area (Å²) in [6.45, 7) is 2.74. The lowest BCUT2D eigenvalue weighted by molar-refractivity contribution is -0.145. The van der Waals surface area contributed by atoms with E-state index < -0.39 is 55.0 Å². The van der Waals surface area contributed by atoms with E-state index in [1.54, 1.807) is 12.1 Å². The van der Waals surface area contributed by atoms with Crippen molar-refractivity contribution < 1.29 is 34.1 Å². The number of amides is 3. The van der Waals surface area contributed by atoms with Crippen LogP contribution in [0, 0.1) is 5.92 Å². The van der Waals surface area contributed by atoms with Gasteiger partial charge in [-0.3, -0.25) is 14.4 Å². The highest BCUT2D eigenvalue weighted by Crippen LogP contribution is 2.11. The van der Waals surface area contributed by atoms with Gasteiger partial charge in [0.1, 0.15) is 23.9 Å². The van der Waals surface area contributed by atoms with Crippen molar-refractivity contribution in [3.8, 4) is 5.75 Å². The number of rotatable bonds is 12. The van der Waals surface area contributed by atoms with Gasteiger partial charge in [-0.1, -0.05) is 26.0 Å². The average Bonchev–Trinajstić information content (AvgIpc) is 2.76. The predicted molar refractivity (Wildman–Crippen MR) is 122 cm³/mol. The van der Waals surface area contributed by atoms with Crippen LogP contribution in [0.5, 0.6) is 5.75 Å². The van der Waals surface area contributed by atoms with Gasteiger partial charge in [0.25, 0.3) is 0 Å². The SMILES string of the molecule is COC(=O)[C@H](CC(C)C)NC(=O)CNC(=O)[C@H](Cc1ccc(O)cc1)NC(=O)[C@@H](N)CO.Cl. The number of phenolic OH excluding ortho intramolecular Hbond substituents is 1. The first-order valence-corrected chi connectivity index (χ1v) is 10.2.